The van der Waals surface area contributed by atoms with Crippen molar-refractivity contribution in [2.75, 3.05) is 29.9 Å². The van der Waals surface area contributed by atoms with Gasteiger partial charge in [-0.15, -0.1) is 0 Å². The number of aromatic nitrogens is 2. The molecule has 2 aromatic rings. The van der Waals surface area contributed by atoms with Crippen LogP contribution in [0.3, 0.4) is 0 Å². The molecule has 0 atom stereocenters. The number of anilines is 1. The number of carbonyl (C=O) groups is 1. The van der Waals surface area contributed by atoms with E-state index in [-0.39, 0.29) is 12.5 Å². The molecular weight excluding hydrogens is 320 g/mol. The van der Waals surface area contributed by atoms with Gasteiger partial charge in [-0.25, -0.2) is 0 Å². The molecule has 0 radical (unpaired) electrons. The van der Waals surface area contributed by atoms with Crippen LogP contribution in [0.1, 0.15) is 16.7 Å². The van der Waals surface area contributed by atoms with Gasteiger partial charge in [-0.3, -0.25) is 14.4 Å². The van der Waals surface area contributed by atoms with E-state index in [9.17, 15) is 4.79 Å². The fraction of sp³-hybridized carbons (Fsp3) is 0.444. The van der Waals surface area contributed by atoms with Gasteiger partial charge in [0.25, 0.3) is 0 Å². The highest BCUT2D eigenvalue weighted by atomic mass is 32.2. The Morgan fingerprint density at radius 3 is 2.79 bits per heavy atom. The number of aryl methyl sites for hydroxylation is 2. The first-order valence-electron chi connectivity index (χ1n) is 8.29. The van der Waals surface area contributed by atoms with E-state index in [0.717, 1.165) is 36.4 Å². The van der Waals surface area contributed by atoms with E-state index in [2.05, 4.69) is 33.5 Å². The summed E-state index contributed by atoms with van der Waals surface area (Å²) in [6.45, 7) is 7.45. The molecule has 24 heavy (non-hydrogen) atoms. The zero-order chi connectivity index (χ0) is 16.9. The predicted octanol–water partition coefficient (Wildman–Crippen LogP) is 2.69. The Morgan fingerprint density at radius 2 is 2.08 bits per heavy atom. The van der Waals surface area contributed by atoms with Crippen LogP contribution in [0.4, 0.5) is 5.69 Å². The van der Waals surface area contributed by atoms with Crippen LogP contribution in [-0.2, 0) is 17.9 Å². The first-order chi connectivity index (χ1) is 11.6. The van der Waals surface area contributed by atoms with E-state index < -0.39 is 0 Å². The zero-order valence-electron chi connectivity index (χ0n) is 14.3. The Balaban J connectivity index is 1.63. The third-order valence-corrected chi connectivity index (χ3v) is 5.10. The normalized spacial score (nSPS) is 15.4. The average Bonchev–Trinajstić information content (AvgIpc) is 2.96. The van der Waals surface area contributed by atoms with E-state index in [1.807, 2.05) is 31.8 Å². The Labute approximate surface area is 147 Å². The van der Waals surface area contributed by atoms with Crippen molar-refractivity contribution in [3.63, 3.8) is 0 Å². The summed E-state index contributed by atoms with van der Waals surface area (Å²) >= 11 is 2.02. The van der Waals surface area contributed by atoms with E-state index in [1.54, 1.807) is 10.9 Å². The van der Waals surface area contributed by atoms with Gasteiger partial charge in [0.15, 0.2) is 0 Å². The van der Waals surface area contributed by atoms with Crippen molar-refractivity contribution >= 4 is 23.4 Å². The lowest BCUT2D eigenvalue weighted by molar-refractivity contribution is -0.116. The fourth-order valence-corrected chi connectivity index (χ4v) is 3.79. The van der Waals surface area contributed by atoms with Gasteiger partial charge in [0.05, 0.1) is 6.20 Å². The molecule has 6 heteroatoms. The fourth-order valence-electron chi connectivity index (χ4n) is 2.81. The monoisotopic (exact) mass is 344 g/mol. The summed E-state index contributed by atoms with van der Waals surface area (Å²) in [7, 11) is 0. The number of benzene rings is 1. The van der Waals surface area contributed by atoms with Crippen molar-refractivity contribution in [1.82, 2.24) is 14.7 Å². The molecule has 1 aromatic heterocycles. The van der Waals surface area contributed by atoms with Gasteiger partial charge >= 0.3 is 0 Å². The lowest BCUT2D eigenvalue weighted by atomic mass is 10.1. The van der Waals surface area contributed by atoms with Crippen molar-refractivity contribution in [2.45, 2.75) is 26.9 Å². The number of hydrogen-bond acceptors (Lipinski definition) is 4. The summed E-state index contributed by atoms with van der Waals surface area (Å²) in [4.78, 5) is 14.7. The second-order valence-corrected chi connectivity index (χ2v) is 7.53. The summed E-state index contributed by atoms with van der Waals surface area (Å²) in [5.41, 5.74) is 4.28. The van der Waals surface area contributed by atoms with Gasteiger partial charge in [-0.2, -0.15) is 16.9 Å². The SMILES string of the molecule is Cc1cnn(CC(=O)Nc2cc(CN3CCSCC3)ccc2C)c1. The van der Waals surface area contributed by atoms with Crippen molar-refractivity contribution in [2.24, 2.45) is 0 Å². The molecule has 0 aliphatic carbocycles. The number of amides is 1. The molecule has 0 saturated carbocycles. The van der Waals surface area contributed by atoms with Crippen LogP contribution < -0.4 is 5.32 Å². The quantitative estimate of drug-likeness (QED) is 0.906. The van der Waals surface area contributed by atoms with Crippen LogP contribution in [0.5, 0.6) is 0 Å². The number of thioether (sulfide) groups is 1. The first-order valence-corrected chi connectivity index (χ1v) is 9.44. The zero-order valence-corrected chi connectivity index (χ0v) is 15.1. The maximum Gasteiger partial charge on any atom is 0.246 e. The smallest absolute Gasteiger partial charge is 0.246 e. The molecule has 0 spiro atoms. The maximum absolute atomic E-state index is 12.3. The van der Waals surface area contributed by atoms with Crippen LogP contribution >= 0.6 is 11.8 Å². The molecule has 0 unspecified atom stereocenters. The molecule has 1 N–H and O–H groups in total. The minimum absolute atomic E-state index is 0.0484. The Hall–Kier alpha value is -1.79. The molecule has 1 fully saturated rings. The highest BCUT2D eigenvalue weighted by Gasteiger charge is 2.12. The standard InChI is InChI=1S/C18H24N4OS/c1-14-10-19-22(11-14)13-18(23)20-17-9-16(4-3-15(17)2)12-21-5-7-24-8-6-21/h3-4,9-11H,5-8,12-13H2,1-2H3,(H,20,23). The van der Waals surface area contributed by atoms with Crippen LogP contribution in [-0.4, -0.2) is 45.2 Å². The van der Waals surface area contributed by atoms with Crippen molar-refractivity contribution < 1.29 is 4.79 Å². The molecule has 128 valence electrons. The predicted molar refractivity (Wildman–Crippen MR) is 99.4 cm³/mol. The molecule has 5 nitrogen and oxygen atoms in total. The van der Waals surface area contributed by atoms with Gasteiger partial charge in [0.2, 0.25) is 5.91 Å². The lowest BCUT2D eigenvalue weighted by Crippen LogP contribution is -2.32. The summed E-state index contributed by atoms with van der Waals surface area (Å²) in [5, 5.41) is 7.19. The Morgan fingerprint density at radius 1 is 1.29 bits per heavy atom. The molecule has 1 amide bonds. The molecule has 1 aliphatic rings. The van der Waals surface area contributed by atoms with Gasteiger partial charge in [0, 0.05) is 43.0 Å². The highest BCUT2D eigenvalue weighted by Crippen LogP contribution is 2.20. The molecule has 1 aliphatic heterocycles. The number of hydrogen-bond donors (Lipinski definition) is 1. The van der Waals surface area contributed by atoms with Gasteiger partial charge < -0.3 is 5.32 Å². The molecule has 3 rings (SSSR count). The Bertz CT molecular complexity index is 707. The van der Waals surface area contributed by atoms with Gasteiger partial charge in [-0.05, 0) is 36.6 Å². The van der Waals surface area contributed by atoms with Crippen LogP contribution in [0.25, 0.3) is 0 Å². The largest absolute Gasteiger partial charge is 0.324 e. The molecule has 0 bridgehead atoms. The number of nitrogens with one attached hydrogen (secondary N) is 1. The van der Waals surface area contributed by atoms with E-state index in [0.29, 0.717) is 0 Å². The summed E-state index contributed by atoms with van der Waals surface area (Å²) < 4.78 is 1.66. The lowest BCUT2D eigenvalue weighted by Gasteiger charge is -2.26. The maximum atomic E-state index is 12.3. The van der Waals surface area contributed by atoms with Crippen molar-refractivity contribution in [3.05, 3.63) is 47.3 Å². The molecular formula is C18H24N4OS. The minimum atomic E-state index is -0.0484. The van der Waals surface area contributed by atoms with Crippen molar-refractivity contribution in [3.8, 4) is 0 Å². The third-order valence-electron chi connectivity index (χ3n) is 4.15. The summed E-state index contributed by atoms with van der Waals surface area (Å²) in [6.07, 6.45) is 3.63. The van der Waals surface area contributed by atoms with Gasteiger partial charge in [-0.1, -0.05) is 12.1 Å². The molecule has 2 heterocycles. The first kappa shape index (κ1) is 17.0. The highest BCUT2D eigenvalue weighted by molar-refractivity contribution is 7.99. The molecule has 1 aromatic carbocycles. The average molecular weight is 344 g/mol. The third kappa shape index (κ3) is 4.61. The minimum Gasteiger partial charge on any atom is -0.324 e. The van der Waals surface area contributed by atoms with Crippen molar-refractivity contribution in [1.29, 1.82) is 0 Å². The second-order valence-electron chi connectivity index (χ2n) is 6.30. The topological polar surface area (TPSA) is 50.2 Å². The van der Waals surface area contributed by atoms with Crippen LogP contribution in [0.2, 0.25) is 0 Å². The number of nitrogens with zero attached hydrogens (tertiary/aromatic N) is 3. The van der Waals surface area contributed by atoms with E-state index in [4.69, 9.17) is 0 Å². The van der Waals surface area contributed by atoms with Crippen LogP contribution in [0, 0.1) is 13.8 Å². The van der Waals surface area contributed by atoms with E-state index in [1.165, 1.54) is 17.1 Å². The van der Waals surface area contributed by atoms with E-state index >= 15 is 0 Å². The number of rotatable bonds is 5. The van der Waals surface area contributed by atoms with Crippen LogP contribution in [0.15, 0.2) is 30.6 Å². The molecule has 1 saturated heterocycles. The summed E-state index contributed by atoms with van der Waals surface area (Å²) in [5.74, 6) is 2.37. The second kappa shape index (κ2) is 7.85. The Kier molecular flexibility index (Phi) is 5.58. The van der Waals surface area contributed by atoms with Gasteiger partial charge in [0.1, 0.15) is 6.54 Å². The summed E-state index contributed by atoms with van der Waals surface area (Å²) in [6, 6.07) is 6.34. The number of carbonyl (C=O) groups excluding carboxylic acids is 1.